The van der Waals surface area contributed by atoms with E-state index in [1.165, 1.54) is 6.92 Å². The molecule has 8 heteroatoms. The third-order valence-electron chi connectivity index (χ3n) is 5.19. The normalized spacial score (nSPS) is 16.4. The zero-order valence-electron chi connectivity index (χ0n) is 16.8. The highest BCUT2D eigenvalue weighted by molar-refractivity contribution is 9.10. The molecule has 1 rings (SSSR count). The van der Waals surface area contributed by atoms with Crippen LogP contribution in [0.15, 0.2) is 10.7 Å². The lowest BCUT2D eigenvalue weighted by Gasteiger charge is -2.35. The predicted molar refractivity (Wildman–Crippen MR) is 113 cm³/mol. The van der Waals surface area contributed by atoms with Gasteiger partial charge in [0, 0.05) is 11.4 Å². The number of hydrogen-bond donors (Lipinski definition) is 1. The van der Waals surface area contributed by atoms with E-state index in [1.807, 2.05) is 0 Å². The Morgan fingerprint density at radius 2 is 1.69 bits per heavy atom. The fraction of sp³-hybridized carbons (Fsp3) is 0.722. The van der Waals surface area contributed by atoms with Crippen LogP contribution in [0.2, 0.25) is 18.1 Å². The van der Waals surface area contributed by atoms with E-state index in [4.69, 9.17) is 0 Å². The molecule has 1 heterocycles. The Morgan fingerprint density at radius 1 is 1.19 bits per heavy atom. The van der Waals surface area contributed by atoms with Gasteiger partial charge in [0.2, 0.25) is 0 Å². The first-order valence-corrected chi connectivity index (χ1v) is 13.6. The molecule has 150 valence electrons. The smallest absolute Gasteiger partial charge is 0.146 e. The molecule has 1 unspecified atom stereocenters. The summed E-state index contributed by atoms with van der Waals surface area (Å²) in [6.45, 7) is 12.2. The minimum atomic E-state index is -2.04. The number of alkyl halides is 1. The number of nitrogens with zero attached hydrogens (tertiary/aromatic N) is 1. The predicted octanol–water partition coefficient (Wildman–Crippen LogP) is 4.94. The van der Waals surface area contributed by atoms with E-state index >= 15 is 4.39 Å². The van der Waals surface area contributed by atoms with Crippen molar-refractivity contribution in [2.75, 3.05) is 6.67 Å². The van der Waals surface area contributed by atoms with Crippen LogP contribution in [-0.2, 0) is 16.9 Å². The van der Waals surface area contributed by atoms with Crippen LogP contribution in [0.3, 0.4) is 0 Å². The Labute approximate surface area is 169 Å². The third kappa shape index (κ3) is 4.87. The van der Waals surface area contributed by atoms with Crippen LogP contribution in [0.1, 0.15) is 54.2 Å². The molecule has 0 radical (unpaired) electrons. The summed E-state index contributed by atoms with van der Waals surface area (Å²) in [5.74, 6) is -0.455. The molecule has 2 atom stereocenters. The lowest BCUT2D eigenvalue weighted by atomic mass is 10.00. The second-order valence-electron chi connectivity index (χ2n) is 7.95. The molecule has 3 nitrogen and oxygen atoms in total. The second-order valence-corrected chi connectivity index (χ2v) is 15.9. The average molecular weight is 470 g/mol. The molecule has 0 bridgehead atoms. The van der Waals surface area contributed by atoms with Crippen molar-refractivity contribution in [1.82, 2.24) is 9.71 Å². The van der Waals surface area contributed by atoms with Gasteiger partial charge in [0.25, 0.3) is 0 Å². The summed E-state index contributed by atoms with van der Waals surface area (Å²) in [5.41, 5.74) is -1.47. The molecule has 26 heavy (non-hydrogen) atoms. The highest BCUT2D eigenvalue weighted by atomic mass is 79.9. The Hall–Kier alpha value is -0.0231. The molecule has 0 fully saturated rings. The van der Waals surface area contributed by atoms with E-state index in [-0.39, 0.29) is 5.69 Å². The van der Waals surface area contributed by atoms with E-state index in [2.05, 4.69) is 46.4 Å². The monoisotopic (exact) mass is 468 g/mol. The van der Waals surface area contributed by atoms with Crippen molar-refractivity contribution in [2.24, 2.45) is 0 Å². The first-order valence-electron chi connectivity index (χ1n) is 9.03. The van der Waals surface area contributed by atoms with Crippen LogP contribution in [0, 0.1) is 5.82 Å². The lowest BCUT2D eigenvalue weighted by Crippen LogP contribution is -2.54. The van der Waals surface area contributed by atoms with E-state index < -0.39 is 42.2 Å². The average Bonchev–Trinajstić information content (AvgIpc) is 2.58. The molecule has 1 N–H and O–H groups in total. The van der Waals surface area contributed by atoms with Crippen LogP contribution in [0.4, 0.5) is 8.78 Å². The van der Waals surface area contributed by atoms with E-state index in [0.717, 1.165) is 18.1 Å². The van der Waals surface area contributed by atoms with Crippen molar-refractivity contribution < 1.29 is 13.3 Å². The molecule has 1 aromatic heterocycles. The topological polar surface area (TPSA) is 48.0 Å². The summed E-state index contributed by atoms with van der Waals surface area (Å²) in [6.07, 6.45) is 0. The van der Waals surface area contributed by atoms with Gasteiger partial charge in [-0.1, -0.05) is 38.9 Å². The molecule has 0 amide bonds. The Kier molecular flexibility index (Phi) is 8.30. The first kappa shape index (κ1) is 24.0. The standard InChI is InChI=1S/C18H31BrF2N2OSSi/c1-8-26(9-2,10-3)13-11-14(19)22-16(15(13)21)18(7,12-20)23-25(24)17(4,5)6/h11,23H,8-10,12H2,1-7H3/t18-,25?/m1/s1. The fourth-order valence-corrected chi connectivity index (χ4v) is 8.22. The zero-order chi connectivity index (χ0) is 20.3. The number of aromatic nitrogens is 1. The van der Waals surface area contributed by atoms with Gasteiger partial charge < -0.3 is 4.55 Å². The zero-order valence-corrected chi connectivity index (χ0v) is 20.2. The molecular weight excluding hydrogens is 438 g/mol. The SMILES string of the molecule is CC[Si](CC)(CC)c1cc(Br)nc([C@@](C)(CF)N[S+]([O-])C(C)(C)C)c1F. The molecule has 0 saturated heterocycles. The number of hydrogen-bond acceptors (Lipinski definition) is 3. The molecule has 0 aliphatic carbocycles. The first-order chi connectivity index (χ1) is 11.9. The van der Waals surface area contributed by atoms with Crippen LogP contribution < -0.4 is 9.91 Å². The van der Waals surface area contributed by atoms with Crippen LogP contribution in [0.25, 0.3) is 0 Å². The molecule has 0 aliphatic rings. The van der Waals surface area contributed by atoms with Crippen molar-refractivity contribution in [3.8, 4) is 0 Å². The summed E-state index contributed by atoms with van der Waals surface area (Å²) >= 11 is 1.82. The van der Waals surface area contributed by atoms with Gasteiger partial charge in [-0.05, 0) is 54.9 Å². The molecule has 0 saturated carbocycles. The van der Waals surface area contributed by atoms with E-state index in [0.29, 0.717) is 9.79 Å². The highest BCUT2D eigenvalue weighted by Crippen LogP contribution is 2.30. The minimum absolute atomic E-state index is 0.00537. The quantitative estimate of drug-likeness (QED) is 0.334. The summed E-state index contributed by atoms with van der Waals surface area (Å²) < 4.78 is 44.9. The molecular formula is C18H31BrF2N2OSSi. The van der Waals surface area contributed by atoms with Gasteiger partial charge in [-0.25, -0.2) is 13.8 Å². The van der Waals surface area contributed by atoms with Gasteiger partial charge in [0.05, 0.1) is 8.07 Å². The van der Waals surface area contributed by atoms with Crippen molar-refractivity contribution in [1.29, 1.82) is 0 Å². The van der Waals surface area contributed by atoms with Crippen molar-refractivity contribution in [3.63, 3.8) is 0 Å². The molecule has 1 aromatic rings. The Morgan fingerprint density at radius 3 is 2.08 bits per heavy atom. The van der Waals surface area contributed by atoms with Gasteiger partial charge in [0.1, 0.15) is 33.1 Å². The van der Waals surface area contributed by atoms with Gasteiger partial charge in [-0.3, -0.25) is 0 Å². The summed E-state index contributed by atoms with van der Waals surface area (Å²) in [5, 5.41) is 0.671. The van der Waals surface area contributed by atoms with Crippen molar-refractivity contribution in [3.05, 3.63) is 22.2 Å². The maximum absolute atomic E-state index is 15.6. The summed E-state index contributed by atoms with van der Waals surface area (Å²) in [6, 6.07) is 4.46. The molecule has 0 aliphatic heterocycles. The molecule has 0 aromatic carbocycles. The molecule has 0 spiro atoms. The van der Waals surface area contributed by atoms with Crippen LogP contribution in [-0.4, -0.2) is 29.0 Å². The van der Waals surface area contributed by atoms with Crippen LogP contribution in [0.5, 0.6) is 0 Å². The number of halogens is 3. The van der Waals surface area contributed by atoms with Gasteiger partial charge in [-0.2, -0.15) is 0 Å². The van der Waals surface area contributed by atoms with Gasteiger partial charge in [0.15, 0.2) is 0 Å². The largest absolute Gasteiger partial charge is 0.598 e. The summed E-state index contributed by atoms with van der Waals surface area (Å²) in [4.78, 5) is 4.25. The maximum Gasteiger partial charge on any atom is 0.146 e. The van der Waals surface area contributed by atoms with Crippen molar-refractivity contribution >= 4 is 40.6 Å². The number of rotatable bonds is 8. The third-order valence-corrected chi connectivity index (χ3v) is 12.9. The maximum atomic E-state index is 15.6. The van der Waals surface area contributed by atoms with Gasteiger partial charge in [-0.15, -0.1) is 4.72 Å². The Bertz CT molecular complexity index is 618. The van der Waals surface area contributed by atoms with E-state index in [1.54, 1.807) is 26.8 Å². The highest BCUT2D eigenvalue weighted by Gasteiger charge is 2.43. The number of nitrogens with one attached hydrogen (secondary N) is 1. The van der Waals surface area contributed by atoms with E-state index in [9.17, 15) is 8.94 Å². The fourth-order valence-electron chi connectivity index (χ4n) is 3.07. The van der Waals surface area contributed by atoms with Crippen LogP contribution >= 0.6 is 15.9 Å². The lowest BCUT2D eigenvalue weighted by molar-refractivity contribution is 0.290. The Balaban J connectivity index is 3.57. The van der Waals surface area contributed by atoms with Gasteiger partial charge >= 0.3 is 0 Å². The minimum Gasteiger partial charge on any atom is -0.598 e. The summed E-state index contributed by atoms with van der Waals surface area (Å²) in [7, 11) is -2.04. The second kappa shape index (κ2) is 8.98. The number of pyridine rings is 1. The van der Waals surface area contributed by atoms with Crippen molar-refractivity contribution in [2.45, 2.75) is 76.9 Å².